The first-order valence-corrected chi connectivity index (χ1v) is 8.10. The van der Waals surface area contributed by atoms with Gasteiger partial charge in [0, 0.05) is 28.2 Å². The summed E-state index contributed by atoms with van der Waals surface area (Å²) in [6.07, 6.45) is 2.54. The van der Waals surface area contributed by atoms with Gasteiger partial charge in [-0.25, -0.2) is 0 Å². The summed E-state index contributed by atoms with van der Waals surface area (Å²) >= 11 is 0. The molecule has 0 spiro atoms. The normalized spacial score (nSPS) is 10.3. The average molecular weight is 229 g/mol. The molecular formula is C11H27N3Si. The summed E-state index contributed by atoms with van der Waals surface area (Å²) in [5, 5.41) is 0. The second-order valence-electron chi connectivity index (χ2n) is 4.45. The van der Waals surface area contributed by atoms with E-state index in [0.29, 0.717) is 0 Å². The number of hydrogen-bond acceptors (Lipinski definition) is 1. The van der Waals surface area contributed by atoms with E-state index < -0.39 is 8.96 Å². The summed E-state index contributed by atoms with van der Waals surface area (Å²) in [6.45, 7) is 4.52. The van der Waals surface area contributed by atoms with Gasteiger partial charge < -0.3 is 9.80 Å². The van der Waals surface area contributed by atoms with Crippen LogP contribution in [0.5, 0.6) is 0 Å². The average Bonchev–Trinajstić information content (AvgIpc) is 2.13. The van der Waals surface area contributed by atoms with Gasteiger partial charge in [0.05, 0.1) is 0 Å². The topological polar surface area (TPSA) is 18.8 Å². The third kappa shape index (κ3) is 5.82. The van der Waals surface area contributed by atoms with Crippen LogP contribution in [0.3, 0.4) is 0 Å². The van der Waals surface area contributed by atoms with Crippen molar-refractivity contribution in [3.8, 4) is 0 Å². The van der Waals surface area contributed by atoms with Crippen molar-refractivity contribution in [2.75, 3.05) is 28.2 Å². The molecule has 0 radical (unpaired) electrons. The molecule has 0 aromatic rings. The molecule has 0 rings (SSSR count). The molecule has 0 aromatic heterocycles. The summed E-state index contributed by atoms with van der Waals surface area (Å²) in [6, 6.07) is 2.66. The lowest BCUT2D eigenvalue weighted by Crippen LogP contribution is -2.37. The number of hydrogen-bond donors (Lipinski definition) is 0. The smallest absolute Gasteiger partial charge is 0.185 e. The fourth-order valence-corrected chi connectivity index (χ4v) is 4.40. The number of guanidine groups is 1. The lowest BCUT2D eigenvalue weighted by Gasteiger charge is -2.25. The zero-order valence-electron chi connectivity index (χ0n) is 11.2. The van der Waals surface area contributed by atoms with E-state index in [1.807, 2.05) is 0 Å². The van der Waals surface area contributed by atoms with E-state index in [2.05, 4.69) is 51.8 Å². The predicted octanol–water partition coefficient (Wildman–Crippen LogP) is 2.01. The summed E-state index contributed by atoms with van der Waals surface area (Å²) in [7, 11) is 7.39. The highest BCUT2D eigenvalue weighted by molar-refractivity contribution is 6.58. The monoisotopic (exact) mass is 229 g/mol. The molecule has 0 saturated heterocycles. The van der Waals surface area contributed by atoms with Gasteiger partial charge in [0.2, 0.25) is 0 Å². The van der Waals surface area contributed by atoms with Crippen molar-refractivity contribution < 1.29 is 0 Å². The maximum Gasteiger partial charge on any atom is 0.185 e. The van der Waals surface area contributed by atoms with E-state index in [0.717, 1.165) is 5.96 Å². The Morgan fingerprint density at radius 3 is 1.60 bits per heavy atom. The van der Waals surface area contributed by atoms with Gasteiger partial charge in [0.1, 0.15) is 0 Å². The quantitative estimate of drug-likeness (QED) is 0.408. The van der Waals surface area contributed by atoms with Crippen molar-refractivity contribution in [1.29, 1.82) is 0 Å². The summed E-state index contributed by atoms with van der Waals surface area (Å²) in [5.41, 5.74) is 0. The summed E-state index contributed by atoms with van der Waals surface area (Å²) in [5.74, 6) is 1.13. The molecule has 0 aliphatic heterocycles. The lowest BCUT2D eigenvalue weighted by molar-refractivity contribution is 0.485. The highest BCUT2D eigenvalue weighted by atomic mass is 28.3. The first-order valence-electron chi connectivity index (χ1n) is 5.95. The minimum Gasteiger partial charge on any atom is -0.350 e. The Kier molecular flexibility index (Phi) is 7.47. The first-order chi connectivity index (χ1) is 7.02. The highest BCUT2D eigenvalue weighted by Crippen LogP contribution is 2.08. The van der Waals surface area contributed by atoms with Crippen LogP contribution in [0.25, 0.3) is 0 Å². The van der Waals surface area contributed by atoms with Crippen molar-refractivity contribution >= 4 is 14.9 Å². The van der Waals surface area contributed by atoms with E-state index in [1.165, 1.54) is 24.9 Å². The van der Waals surface area contributed by atoms with Crippen LogP contribution in [0.2, 0.25) is 12.1 Å². The van der Waals surface area contributed by atoms with Crippen LogP contribution in [-0.2, 0) is 0 Å². The molecule has 0 aliphatic rings. The highest BCUT2D eigenvalue weighted by Gasteiger charge is 2.11. The molecular weight excluding hydrogens is 202 g/mol. The van der Waals surface area contributed by atoms with Gasteiger partial charge in [-0.2, -0.15) is 0 Å². The standard InChI is InChI=1S/C11H27N3Si/c1-7-9-15(10-8-2)12-11(13(3)4)14(5)6/h15H,7-10H2,1-6H3. The van der Waals surface area contributed by atoms with Gasteiger partial charge in [0.25, 0.3) is 0 Å². The second kappa shape index (κ2) is 7.74. The molecule has 0 unspecified atom stereocenters. The van der Waals surface area contributed by atoms with Crippen molar-refractivity contribution in [1.82, 2.24) is 9.80 Å². The molecule has 0 aliphatic carbocycles. The SMILES string of the molecule is CCC[SiH](CCC)N=C(N(C)C)N(C)C. The Balaban J connectivity index is 4.57. The Bertz CT molecular complexity index is 174. The van der Waals surface area contributed by atoms with Crippen molar-refractivity contribution in [2.24, 2.45) is 4.66 Å². The molecule has 0 N–H and O–H groups in total. The fourth-order valence-electron chi connectivity index (χ4n) is 1.73. The van der Waals surface area contributed by atoms with E-state index in [4.69, 9.17) is 4.66 Å². The van der Waals surface area contributed by atoms with E-state index in [-0.39, 0.29) is 0 Å². The number of nitrogens with zero attached hydrogens (tertiary/aromatic N) is 3. The van der Waals surface area contributed by atoms with Crippen LogP contribution in [0.4, 0.5) is 0 Å². The van der Waals surface area contributed by atoms with Gasteiger partial charge >= 0.3 is 0 Å². The maximum absolute atomic E-state index is 4.96. The van der Waals surface area contributed by atoms with Crippen molar-refractivity contribution in [2.45, 2.75) is 38.8 Å². The molecule has 0 aromatic carbocycles. The minimum atomic E-state index is -0.899. The molecule has 0 bridgehead atoms. The van der Waals surface area contributed by atoms with Gasteiger partial charge in [0.15, 0.2) is 14.9 Å². The maximum atomic E-state index is 4.96. The largest absolute Gasteiger partial charge is 0.350 e. The van der Waals surface area contributed by atoms with Crippen LogP contribution in [0.15, 0.2) is 4.66 Å². The van der Waals surface area contributed by atoms with Gasteiger partial charge in [-0.05, 0) is 12.1 Å². The van der Waals surface area contributed by atoms with Gasteiger partial charge in [-0.1, -0.05) is 26.7 Å². The van der Waals surface area contributed by atoms with Gasteiger partial charge in [-0.3, -0.25) is 4.66 Å². The Morgan fingerprint density at radius 1 is 0.933 bits per heavy atom. The van der Waals surface area contributed by atoms with E-state index in [1.54, 1.807) is 0 Å². The molecule has 15 heavy (non-hydrogen) atoms. The zero-order chi connectivity index (χ0) is 11.8. The van der Waals surface area contributed by atoms with Crippen LogP contribution < -0.4 is 0 Å². The molecule has 0 amide bonds. The van der Waals surface area contributed by atoms with Crippen LogP contribution >= 0.6 is 0 Å². The zero-order valence-corrected chi connectivity index (χ0v) is 12.4. The van der Waals surface area contributed by atoms with Crippen LogP contribution in [-0.4, -0.2) is 52.9 Å². The number of rotatable bonds is 5. The molecule has 0 fully saturated rings. The molecule has 0 heterocycles. The third-order valence-electron chi connectivity index (χ3n) is 2.34. The molecule has 0 atom stereocenters. The van der Waals surface area contributed by atoms with Crippen LogP contribution in [0.1, 0.15) is 26.7 Å². The first kappa shape index (κ1) is 14.5. The van der Waals surface area contributed by atoms with E-state index in [9.17, 15) is 0 Å². The third-order valence-corrected chi connectivity index (χ3v) is 5.43. The lowest BCUT2D eigenvalue weighted by atomic mass is 10.6. The van der Waals surface area contributed by atoms with Crippen molar-refractivity contribution in [3.05, 3.63) is 0 Å². The Morgan fingerprint density at radius 2 is 1.33 bits per heavy atom. The fraction of sp³-hybridized carbons (Fsp3) is 0.909. The molecule has 4 heteroatoms. The summed E-state index contributed by atoms with van der Waals surface area (Å²) in [4.78, 5) is 4.23. The van der Waals surface area contributed by atoms with E-state index >= 15 is 0 Å². The Labute approximate surface area is 96.9 Å². The molecule has 90 valence electrons. The molecule has 3 nitrogen and oxygen atoms in total. The van der Waals surface area contributed by atoms with Gasteiger partial charge in [-0.15, -0.1) is 0 Å². The second-order valence-corrected chi connectivity index (χ2v) is 7.17. The predicted molar refractivity (Wildman–Crippen MR) is 72.2 cm³/mol. The minimum absolute atomic E-state index is 0.899. The Hall–Kier alpha value is -0.513. The van der Waals surface area contributed by atoms with Crippen LogP contribution in [0, 0.1) is 0 Å². The van der Waals surface area contributed by atoms with Crippen molar-refractivity contribution in [3.63, 3.8) is 0 Å². The summed E-state index contributed by atoms with van der Waals surface area (Å²) < 4.78 is 4.96. The molecule has 0 saturated carbocycles.